The quantitative estimate of drug-likeness (QED) is 0.584. The van der Waals surface area contributed by atoms with Crippen molar-refractivity contribution in [2.45, 2.75) is 6.92 Å². The second kappa shape index (κ2) is 5.01. The summed E-state index contributed by atoms with van der Waals surface area (Å²) < 4.78 is 0. The Hall–Kier alpha value is -1.84. The lowest BCUT2D eigenvalue weighted by atomic mass is 10.2. The lowest BCUT2D eigenvalue weighted by molar-refractivity contribution is -0.114. The van der Waals surface area contributed by atoms with E-state index in [1.807, 2.05) is 12.1 Å². The minimum atomic E-state index is -0.0803. The number of carbonyl (C=O) groups is 1. The minimum absolute atomic E-state index is 0.0803. The third-order valence-corrected chi connectivity index (χ3v) is 1.54. The third-order valence-electron chi connectivity index (χ3n) is 1.54. The van der Waals surface area contributed by atoms with Gasteiger partial charge in [0.05, 0.1) is 6.21 Å². The zero-order valence-electron chi connectivity index (χ0n) is 8.15. The predicted octanol–water partition coefficient (Wildman–Crippen LogP) is 1.63. The van der Waals surface area contributed by atoms with E-state index in [4.69, 9.17) is 0 Å². The number of hydrogen-bond acceptors (Lipinski definition) is 3. The summed E-state index contributed by atoms with van der Waals surface area (Å²) in [6.45, 7) is 1.47. The Bertz CT molecular complexity index is 330. The molecule has 0 unspecified atom stereocenters. The molecule has 1 rings (SSSR count). The van der Waals surface area contributed by atoms with Crippen LogP contribution in [0.15, 0.2) is 29.4 Å². The van der Waals surface area contributed by atoms with Crippen molar-refractivity contribution in [3.63, 3.8) is 0 Å². The van der Waals surface area contributed by atoms with Gasteiger partial charge >= 0.3 is 0 Å². The van der Waals surface area contributed by atoms with Gasteiger partial charge in [0.2, 0.25) is 5.91 Å². The topological polar surface area (TPSA) is 50.7 Å². The fourth-order valence-corrected chi connectivity index (χ4v) is 0.969. The van der Waals surface area contributed by atoms with Crippen molar-refractivity contribution in [3.05, 3.63) is 29.8 Å². The molecule has 0 aliphatic rings. The smallest absolute Gasteiger partial charge is 0.221 e. The van der Waals surface area contributed by atoms with Crippen molar-refractivity contribution >= 4 is 17.8 Å². The molecule has 1 N–H and O–H groups in total. The van der Waals surface area contributed by atoms with Crippen molar-refractivity contribution < 1.29 is 9.63 Å². The van der Waals surface area contributed by atoms with E-state index < -0.39 is 0 Å². The summed E-state index contributed by atoms with van der Waals surface area (Å²) in [6.07, 6.45) is 1.59. The number of hydrogen-bond donors (Lipinski definition) is 1. The average Bonchev–Trinajstić information content (AvgIpc) is 2.16. The van der Waals surface area contributed by atoms with Crippen LogP contribution in [0.5, 0.6) is 0 Å². The monoisotopic (exact) mass is 192 g/mol. The summed E-state index contributed by atoms with van der Waals surface area (Å²) in [5.41, 5.74) is 1.69. The summed E-state index contributed by atoms with van der Waals surface area (Å²) in [6, 6.07) is 7.29. The van der Waals surface area contributed by atoms with Gasteiger partial charge in [-0.15, -0.1) is 0 Å². The maximum absolute atomic E-state index is 10.7. The summed E-state index contributed by atoms with van der Waals surface area (Å²) in [7, 11) is 1.49. The number of carbonyl (C=O) groups excluding carboxylic acids is 1. The maximum atomic E-state index is 10.7. The van der Waals surface area contributed by atoms with Gasteiger partial charge in [-0.2, -0.15) is 0 Å². The van der Waals surface area contributed by atoms with Gasteiger partial charge < -0.3 is 10.2 Å². The van der Waals surface area contributed by atoms with E-state index in [1.54, 1.807) is 18.3 Å². The number of nitrogens with one attached hydrogen (secondary N) is 1. The van der Waals surface area contributed by atoms with Gasteiger partial charge in [0, 0.05) is 12.6 Å². The van der Waals surface area contributed by atoms with Gasteiger partial charge in [0.25, 0.3) is 0 Å². The Kier molecular flexibility index (Phi) is 3.67. The van der Waals surface area contributed by atoms with Crippen molar-refractivity contribution in [1.29, 1.82) is 0 Å². The van der Waals surface area contributed by atoms with Crippen LogP contribution in [0.25, 0.3) is 0 Å². The molecule has 1 aromatic carbocycles. The molecule has 0 spiro atoms. The molecular weight excluding hydrogens is 180 g/mol. The number of amides is 1. The van der Waals surface area contributed by atoms with Gasteiger partial charge in [0.1, 0.15) is 7.11 Å². The first kappa shape index (κ1) is 10.2. The number of nitrogens with zero attached hydrogens (tertiary/aromatic N) is 1. The summed E-state index contributed by atoms with van der Waals surface area (Å²) in [5.74, 6) is -0.0803. The SMILES string of the molecule is CO/N=C\c1ccc(NC(C)=O)cc1. The fraction of sp³-hybridized carbons (Fsp3) is 0.200. The van der Waals surface area contributed by atoms with E-state index in [0.717, 1.165) is 11.3 Å². The molecular formula is C10H12N2O2. The molecule has 74 valence electrons. The zero-order valence-corrected chi connectivity index (χ0v) is 8.15. The van der Waals surface area contributed by atoms with Crippen LogP contribution < -0.4 is 5.32 Å². The van der Waals surface area contributed by atoms with Crippen LogP contribution in [0, 0.1) is 0 Å². The summed E-state index contributed by atoms with van der Waals surface area (Å²) in [4.78, 5) is 15.3. The highest BCUT2D eigenvalue weighted by Crippen LogP contribution is 2.07. The molecule has 4 heteroatoms. The van der Waals surface area contributed by atoms with Crippen molar-refractivity contribution in [2.75, 3.05) is 12.4 Å². The Morgan fingerprint density at radius 3 is 2.57 bits per heavy atom. The molecule has 0 aliphatic heterocycles. The first-order valence-corrected chi connectivity index (χ1v) is 4.16. The molecule has 1 amide bonds. The first-order valence-electron chi connectivity index (χ1n) is 4.16. The molecule has 0 saturated heterocycles. The van der Waals surface area contributed by atoms with E-state index in [9.17, 15) is 4.79 Å². The van der Waals surface area contributed by atoms with E-state index in [-0.39, 0.29) is 5.91 Å². The highest BCUT2D eigenvalue weighted by molar-refractivity contribution is 5.89. The van der Waals surface area contributed by atoms with Crippen LogP contribution in [0.4, 0.5) is 5.69 Å². The maximum Gasteiger partial charge on any atom is 0.221 e. The number of benzene rings is 1. The van der Waals surface area contributed by atoms with Crippen molar-refractivity contribution in [3.8, 4) is 0 Å². The molecule has 0 atom stereocenters. The molecule has 0 aromatic heterocycles. The molecule has 0 fully saturated rings. The highest BCUT2D eigenvalue weighted by atomic mass is 16.6. The van der Waals surface area contributed by atoms with Gasteiger partial charge in [-0.3, -0.25) is 4.79 Å². The van der Waals surface area contributed by atoms with Gasteiger partial charge in [-0.05, 0) is 17.7 Å². The van der Waals surface area contributed by atoms with Gasteiger partial charge in [-0.1, -0.05) is 17.3 Å². The Morgan fingerprint density at radius 2 is 2.07 bits per heavy atom. The van der Waals surface area contributed by atoms with Crippen LogP contribution in [0.2, 0.25) is 0 Å². The largest absolute Gasteiger partial charge is 0.399 e. The fourth-order valence-electron chi connectivity index (χ4n) is 0.969. The van der Waals surface area contributed by atoms with Crippen LogP contribution >= 0.6 is 0 Å². The van der Waals surface area contributed by atoms with Gasteiger partial charge in [-0.25, -0.2) is 0 Å². The molecule has 0 bridgehead atoms. The molecule has 0 saturated carbocycles. The lowest BCUT2D eigenvalue weighted by Gasteiger charge is -2.00. The summed E-state index contributed by atoms with van der Waals surface area (Å²) >= 11 is 0. The second-order valence-electron chi connectivity index (χ2n) is 2.72. The highest BCUT2D eigenvalue weighted by Gasteiger charge is 1.94. The molecule has 14 heavy (non-hydrogen) atoms. The molecule has 4 nitrogen and oxygen atoms in total. The first-order chi connectivity index (χ1) is 6.72. The van der Waals surface area contributed by atoms with Crippen LogP contribution in [-0.2, 0) is 9.63 Å². The van der Waals surface area contributed by atoms with Crippen LogP contribution in [-0.4, -0.2) is 19.2 Å². The normalized spacial score (nSPS) is 10.1. The van der Waals surface area contributed by atoms with Crippen LogP contribution in [0.1, 0.15) is 12.5 Å². The Labute approximate surface area is 82.6 Å². The molecule has 1 aromatic rings. The molecule has 0 aliphatic carbocycles. The second-order valence-corrected chi connectivity index (χ2v) is 2.72. The molecule has 0 heterocycles. The van der Waals surface area contributed by atoms with E-state index in [0.29, 0.717) is 0 Å². The number of oxime groups is 1. The van der Waals surface area contributed by atoms with E-state index >= 15 is 0 Å². The Morgan fingerprint density at radius 1 is 1.43 bits per heavy atom. The number of anilines is 1. The Balaban J connectivity index is 2.68. The standard InChI is InChI=1S/C10H12N2O2/c1-8(13)12-10-5-3-9(4-6-10)7-11-14-2/h3-7H,1-2H3,(H,12,13)/b11-7-. The molecule has 0 radical (unpaired) electrons. The number of rotatable bonds is 3. The van der Waals surface area contributed by atoms with E-state index in [2.05, 4.69) is 15.3 Å². The predicted molar refractivity (Wildman–Crippen MR) is 55.3 cm³/mol. The van der Waals surface area contributed by atoms with Crippen LogP contribution in [0.3, 0.4) is 0 Å². The zero-order chi connectivity index (χ0) is 10.4. The summed E-state index contributed by atoms with van der Waals surface area (Å²) in [5, 5.41) is 6.29. The van der Waals surface area contributed by atoms with Crippen molar-refractivity contribution in [1.82, 2.24) is 0 Å². The van der Waals surface area contributed by atoms with Crippen molar-refractivity contribution in [2.24, 2.45) is 5.16 Å². The lowest BCUT2D eigenvalue weighted by Crippen LogP contribution is -2.05. The van der Waals surface area contributed by atoms with E-state index in [1.165, 1.54) is 14.0 Å². The minimum Gasteiger partial charge on any atom is -0.399 e. The third kappa shape index (κ3) is 3.26. The van der Waals surface area contributed by atoms with Gasteiger partial charge in [0.15, 0.2) is 0 Å². The average molecular weight is 192 g/mol.